The van der Waals surface area contributed by atoms with Gasteiger partial charge in [-0.1, -0.05) is 23.7 Å². The third kappa shape index (κ3) is 4.23. The summed E-state index contributed by atoms with van der Waals surface area (Å²) in [7, 11) is 0. The Bertz CT molecular complexity index is 777. The SMILES string of the molecule is O=C(NCc1ccc(Cl)cc1)c1ccc(C(F)(F)F)cc1[N+](=O)[O-]. The van der Waals surface area contributed by atoms with Gasteiger partial charge in [0.05, 0.1) is 10.5 Å². The molecule has 9 heteroatoms. The number of rotatable bonds is 4. The van der Waals surface area contributed by atoms with Crippen molar-refractivity contribution in [3.8, 4) is 0 Å². The topological polar surface area (TPSA) is 72.2 Å². The second-order valence-corrected chi connectivity index (χ2v) is 5.23. The van der Waals surface area contributed by atoms with E-state index in [0.717, 1.165) is 6.07 Å². The Labute approximate surface area is 139 Å². The molecule has 0 atom stereocenters. The third-order valence-corrected chi connectivity index (χ3v) is 3.38. The second kappa shape index (κ2) is 6.88. The molecule has 0 aliphatic rings. The zero-order valence-electron chi connectivity index (χ0n) is 11.9. The number of nitrogens with zero attached hydrogens (tertiary/aromatic N) is 1. The summed E-state index contributed by atoms with van der Waals surface area (Å²) in [5.74, 6) is -0.842. The summed E-state index contributed by atoms with van der Waals surface area (Å²) in [4.78, 5) is 22.0. The first-order valence-corrected chi connectivity index (χ1v) is 6.94. The summed E-state index contributed by atoms with van der Waals surface area (Å²) < 4.78 is 37.9. The van der Waals surface area contributed by atoms with Gasteiger partial charge >= 0.3 is 6.18 Å². The van der Waals surface area contributed by atoms with Gasteiger partial charge in [-0.2, -0.15) is 13.2 Å². The number of nitro benzene ring substituents is 1. The molecule has 24 heavy (non-hydrogen) atoms. The number of benzene rings is 2. The molecule has 0 saturated carbocycles. The second-order valence-electron chi connectivity index (χ2n) is 4.80. The Balaban J connectivity index is 2.22. The van der Waals surface area contributed by atoms with Crippen LogP contribution >= 0.6 is 11.6 Å². The molecule has 0 unspecified atom stereocenters. The normalized spacial score (nSPS) is 11.2. The zero-order valence-corrected chi connectivity index (χ0v) is 12.7. The Hall–Kier alpha value is -2.61. The van der Waals surface area contributed by atoms with Crippen LogP contribution in [0.5, 0.6) is 0 Å². The molecule has 1 amide bonds. The average Bonchev–Trinajstić information content (AvgIpc) is 2.52. The van der Waals surface area contributed by atoms with Gasteiger partial charge in [0.1, 0.15) is 5.56 Å². The number of carbonyl (C=O) groups excluding carboxylic acids is 1. The molecule has 1 N–H and O–H groups in total. The summed E-state index contributed by atoms with van der Waals surface area (Å²) in [6.45, 7) is 0.0498. The molecule has 0 aliphatic carbocycles. The molecule has 2 aromatic carbocycles. The minimum absolute atomic E-state index is 0.0498. The maximum atomic E-state index is 12.6. The monoisotopic (exact) mass is 358 g/mol. The van der Waals surface area contributed by atoms with Crippen molar-refractivity contribution in [3.05, 3.63) is 74.3 Å². The summed E-state index contributed by atoms with van der Waals surface area (Å²) in [6, 6.07) is 8.25. The molecule has 0 aromatic heterocycles. The summed E-state index contributed by atoms with van der Waals surface area (Å²) in [5.41, 5.74) is -1.86. The lowest BCUT2D eigenvalue weighted by atomic mass is 10.1. The largest absolute Gasteiger partial charge is 0.416 e. The van der Waals surface area contributed by atoms with Gasteiger partial charge in [0.2, 0.25) is 0 Å². The molecular formula is C15H10ClF3N2O3. The first-order chi connectivity index (χ1) is 11.2. The first-order valence-electron chi connectivity index (χ1n) is 6.57. The van der Waals surface area contributed by atoms with Gasteiger partial charge in [-0.15, -0.1) is 0 Å². The van der Waals surface area contributed by atoms with E-state index in [1.807, 2.05) is 0 Å². The average molecular weight is 359 g/mol. The Kier molecular flexibility index (Phi) is 5.08. The lowest BCUT2D eigenvalue weighted by molar-refractivity contribution is -0.385. The molecule has 0 saturated heterocycles. The van der Waals surface area contributed by atoms with Crippen molar-refractivity contribution in [1.29, 1.82) is 0 Å². The Morgan fingerprint density at radius 3 is 2.33 bits per heavy atom. The highest BCUT2D eigenvalue weighted by atomic mass is 35.5. The van der Waals surface area contributed by atoms with Crippen molar-refractivity contribution in [2.75, 3.05) is 0 Å². The van der Waals surface area contributed by atoms with E-state index in [-0.39, 0.29) is 6.54 Å². The van der Waals surface area contributed by atoms with Crippen LogP contribution in [0.15, 0.2) is 42.5 Å². The minimum Gasteiger partial charge on any atom is -0.348 e. The van der Waals surface area contributed by atoms with Gasteiger partial charge in [0.25, 0.3) is 11.6 Å². The van der Waals surface area contributed by atoms with Crippen molar-refractivity contribution in [1.82, 2.24) is 5.32 Å². The standard InChI is InChI=1S/C15H10ClF3N2O3/c16-11-4-1-9(2-5-11)8-20-14(22)12-6-3-10(15(17,18)19)7-13(12)21(23)24/h1-7H,8H2,(H,20,22). The smallest absolute Gasteiger partial charge is 0.348 e. The molecule has 0 fully saturated rings. The van der Waals surface area contributed by atoms with Crippen LogP contribution in [0, 0.1) is 10.1 Å². The number of hydrogen-bond donors (Lipinski definition) is 1. The highest BCUT2D eigenvalue weighted by molar-refractivity contribution is 6.30. The summed E-state index contributed by atoms with van der Waals surface area (Å²) >= 11 is 5.72. The molecule has 126 valence electrons. The fourth-order valence-electron chi connectivity index (χ4n) is 1.93. The van der Waals surface area contributed by atoms with E-state index >= 15 is 0 Å². The number of amides is 1. The van der Waals surface area contributed by atoms with Gasteiger partial charge in [-0.05, 0) is 29.8 Å². The minimum atomic E-state index is -4.73. The van der Waals surface area contributed by atoms with Gasteiger partial charge < -0.3 is 5.32 Å². The van der Waals surface area contributed by atoms with Crippen LogP contribution in [0.1, 0.15) is 21.5 Å². The van der Waals surface area contributed by atoms with Crippen LogP contribution < -0.4 is 5.32 Å². The van der Waals surface area contributed by atoms with E-state index < -0.39 is 33.8 Å². The number of carbonyl (C=O) groups is 1. The van der Waals surface area contributed by atoms with E-state index in [1.54, 1.807) is 24.3 Å². The molecule has 0 heterocycles. The zero-order chi connectivity index (χ0) is 17.9. The highest BCUT2D eigenvalue weighted by Crippen LogP contribution is 2.33. The third-order valence-electron chi connectivity index (χ3n) is 3.13. The van der Waals surface area contributed by atoms with Gasteiger partial charge in [0, 0.05) is 17.6 Å². The number of halogens is 4. The van der Waals surface area contributed by atoms with Crippen LogP contribution in [0.25, 0.3) is 0 Å². The van der Waals surface area contributed by atoms with Crippen LogP contribution in [0.3, 0.4) is 0 Å². The molecule has 2 aromatic rings. The van der Waals surface area contributed by atoms with E-state index in [4.69, 9.17) is 11.6 Å². The number of nitrogens with one attached hydrogen (secondary N) is 1. The first kappa shape index (κ1) is 17.7. The summed E-state index contributed by atoms with van der Waals surface area (Å²) in [5, 5.41) is 13.9. The molecule has 0 radical (unpaired) electrons. The molecule has 5 nitrogen and oxygen atoms in total. The van der Waals surface area contributed by atoms with Crippen molar-refractivity contribution in [2.45, 2.75) is 12.7 Å². The van der Waals surface area contributed by atoms with E-state index in [1.165, 1.54) is 0 Å². The maximum Gasteiger partial charge on any atom is 0.416 e. The van der Waals surface area contributed by atoms with Gasteiger partial charge in [0.15, 0.2) is 0 Å². The Morgan fingerprint density at radius 1 is 1.17 bits per heavy atom. The van der Waals surface area contributed by atoms with Crippen LogP contribution in [0.4, 0.5) is 18.9 Å². The Morgan fingerprint density at radius 2 is 1.79 bits per heavy atom. The molecular weight excluding hydrogens is 349 g/mol. The van der Waals surface area contributed by atoms with Crippen molar-refractivity contribution >= 4 is 23.2 Å². The number of nitro groups is 1. The van der Waals surface area contributed by atoms with E-state index in [0.29, 0.717) is 22.7 Å². The highest BCUT2D eigenvalue weighted by Gasteiger charge is 2.33. The van der Waals surface area contributed by atoms with Gasteiger partial charge in [-0.25, -0.2) is 0 Å². The predicted molar refractivity (Wildman–Crippen MR) is 80.7 cm³/mol. The molecule has 2 rings (SSSR count). The lowest BCUT2D eigenvalue weighted by Crippen LogP contribution is -2.24. The van der Waals surface area contributed by atoms with E-state index in [9.17, 15) is 28.1 Å². The van der Waals surface area contributed by atoms with Crippen LogP contribution in [0.2, 0.25) is 5.02 Å². The quantitative estimate of drug-likeness (QED) is 0.657. The number of hydrogen-bond acceptors (Lipinski definition) is 3. The molecule has 0 spiro atoms. The van der Waals surface area contributed by atoms with Crippen LogP contribution in [-0.2, 0) is 12.7 Å². The van der Waals surface area contributed by atoms with Crippen LogP contribution in [-0.4, -0.2) is 10.8 Å². The fourth-order valence-corrected chi connectivity index (χ4v) is 2.06. The summed E-state index contributed by atoms with van der Waals surface area (Å²) in [6.07, 6.45) is -4.73. The van der Waals surface area contributed by atoms with E-state index in [2.05, 4.69) is 5.32 Å². The number of alkyl halides is 3. The lowest BCUT2D eigenvalue weighted by Gasteiger charge is -2.09. The van der Waals surface area contributed by atoms with Crippen molar-refractivity contribution in [2.24, 2.45) is 0 Å². The maximum absolute atomic E-state index is 12.6. The van der Waals surface area contributed by atoms with Crippen molar-refractivity contribution < 1.29 is 22.9 Å². The fraction of sp³-hybridized carbons (Fsp3) is 0.133. The van der Waals surface area contributed by atoms with Crippen molar-refractivity contribution in [3.63, 3.8) is 0 Å². The van der Waals surface area contributed by atoms with Gasteiger partial charge in [-0.3, -0.25) is 14.9 Å². The molecule has 0 aliphatic heterocycles. The predicted octanol–water partition coefficient (Wildman–Crippen LogP) is 4.20. The molecule has 0 bridgehead atoms.